The molecule has 1 aliphatic carbocycles. The summed E-state index contributed by atoms with van der Waals surface area (Å²) in [6.45, 7) is 0.453. The van der Waals surface area contributed by atoms with E-state index in [0.29, 0.717) is 25.4 Å². The molecule has 6 heteroatoms. The first-order valence-corrected chi connectivity index (χ1v) is 10.3. The summed E-state index contributed by atoms with van der Waals surface area (Å²) in [4.78, 5) is 15.5. The molecule has 29 heavy (non-hydrogen) atoms. The van der Waals surface area contributed by atoms with Crippen LogP contribution in [0, 0.1) is 5.92 Å². The molecule has 1 amide bonds. The van der Waals surface area contributed by atoms with Crippen molar-refractivity contribution in [2.45, 2.75) is 50.6 Å². The predicted octanol–water partition coefficient (Wildman–Crippen LogP) is 5.44. The smallest absolute Gasteiger partial charge is 0.407 e. The monoisotopic (exact) mass is 392 g/mol. The van der Waals surface area contributed by atoms with Gasteiger partial charge in [0.25, 0.3) is 0 Å². The van der Waals surface area contributed by atoms with Crippen LogP contribution in [0.5, 0.6) is 0 Å². The van der Waals surface area contributed by atoms with Crippen LogP contribution >= 0.6 is 0 Å². The summed E-state index contributed by atoms with van der Waals surface area (Å²) in [6, 6.07) is 19.0. The number of carbonyl (C=O) groups is 1. The van der Waals surface area contributed by atoms with Gasteiger partial charge in [0, 0.05) is 11.0 Å². The van der Waals surface area contributed by atoms with Crippen LogP contribution in [0.3, 0.4) is 0 Å². The van der Waals surface area contributed by atoms with E-state index in [0.717, 1.165) is 24.0 Å². The van der Waals surface area contributed by atoms with E-state index in [-0.39, 0.29) is 6.04 Å². The second-order valence-electron chi connectivity index (χ2n) is 7.65. The molecule has 6 nitrogen and oxygen atoms in total. The van der Waals surface area contributed by atoms with E-state index in [1.54, 1.807) is 0 Å². The number of nitrogens with one attached hydrogen (secondary N) is 1. The Labute approximate surface area is 171 Å². The first kappa shape index (κ1) is 20.7. The number of rotatable bonds is 9. The maximum Gasteiger partial charge on any atom is 0.407 e. The third-order valence-electron chi connectivity index (χ3n) is 5.48. The molecule has 1 fully saturated rings. The lowest BCUT2D eigenvalue weighted by molar-refractivity contribution is 0.122. The van der Waals surface area contributed by atoms with E-state index in [1.165, 1.54) is 12.8 Å². The molecule has 0 bridgehead atoms. The minimum Gasteiger partial charge on any atom is -0.449 e. The lowest BCUT2D eigenvalue weighted by Gasteiger charge is -2.25. The van der Waals surface area contributed by atoms with Gasteiger partial charge in [-0.1, -0.05) is 78.6 Å². The van der Waals surface area contributed by atoms with Gasteiger partial charge in [-0.3, -0.25) is 0 Å². The van der Waals surface area contributed by atoms with Crippen molar-refractivity contribution in [1.29, 1.82) is 0 Å². The molecule has 0 unspecified atom stereocenters. The molecular weight excluding hydrogens is 364 g/mol. The summed E-state index contributed by atoms with van der Waals surface area (Å²) in [5.74, 6) is 0.463. The second-order valence-corrected chi connectivity index (χ2v) is 7.65. The molecule has 1 N–H and O–H groups in total. The highest BCUT2D eigenvalue weighted by Gasteiger charge is 2.25. The second kappa shape index (κ2) is 11.1. The summed E-state index contributed by atoms with van der Waals surface area (Å²) in [5, 5.41) is 6.99. The number of ether oxygens (including phenoxy) is 1. The van der Waals surface area contributed by atoms with Gasteiger partial charge in [0.15, 0.2) is 0 Å². The molecular formula is C23H28N4O2. The number of azide groups is 1. The van der Waals surface area contributed by atoms with Crippen LogP contribution in [0.25, 0.3) is 10.4 Å². The highest BCUT2D eigenvalue weighted by Crippen LogP contribution is 2.24. The average molecular weight is 393 g/mol. The molecule has 2 aromatic rings. The first-order chi connectivity index (χ1) is 14.2. The number of hydrogen-bond acceptors (Lipinski definition) is 3. The first-order valence-electron chi connectivity index (χ1n) is 10.3. The van der Waals surface area contributed by atoms with Crippen molar-refractivity contribution in [3.05, 3.63) is 82.2 Å². The van der Waals surface area contributed by atoms with Crippen molar-refractivity contribution < 1.29 is 9.53 Å². The molecule has 2 aromatic carbocycles. The van der Waals surface area contributed by atoms with Crippen molar-refractivity contribution in [3.8, 4) is 0 Å². The number of alkyl carbamates (subject to hydrolysis) is 1. The van der Waals surface area contributed by atoms with Crippen LogP contribution in [0.4, 0.5) is 4.79 Å². The van der Waals surface area contributed by atoms with Crippen molar-refractivity contribution in [3.63, 3.8) is 0 Å². The van der Waals surface area contributed by atoms with Gasteiger partial charge in [-0.25, -0.2) is 4.79 Å². The Morgan fingerprint density at radius 3 is 2.21 bits per heavy atom. The Hall–Kier alpha value is -2.98. The number of hydrogen-bond donors (Lipinski definition) is 1. The van der Waals surface area contributed by atoms with Crippen LogP contribution in [-0.4, -0.2) is 24.8 Å². The van der Waals surface area contributed by atoms with Crippen molar-refractivity contribution in [1.82, 2.24) is 5.32 Å². The van der Waals surface area contributed by atoms with Gasteiger partial charge in [-0.15, -0.1) is 0 Å². The minimum atomic E-state index is -0.441. The van der Waals surface area contributed by atoms with Crippen LogP contribution in [-0.2, 0) is 17.6 Å². The number of carbonyl (C=O) groups excluding carboxylic acids is 1. The lowest BCUT2D eigenvalue weighted by atomic mass is 9.95. The molecule has 0 saturated heterocycles. The van der Waals surface area contributed by atoms with Crippen LogP contribution in [0.15, 0.2) is 65.8 Å². The van der Waals surface area contributed by atoms with Crippen LogP contribution < -0.4 is 5.32 Å². The summed E-state index contributed by atoms with van der Waals surface area (Å²) in [6.07, 6.45) is 5.34. The highest BCUT2D eigenvalue weighted by molar-refractivity contribution is 5.67. The number of benzene rings is 2. The zero-order valence-corrected chi connectivity index (χ0v) is 16.6. The van der Waals surface area contributed by atoms with E-state index >= 15 is 0 Å². The normalized spacial score (nSPS) is 15.9. The van der Waals surface area contributed by atoms with Gasteiger partial charge in [-0.2, -0.15) is 0 Å². The summed E-state index contributed by atoms with van der Waals surface area (Å²) >= 11 is 0. The van der Waals surface area contributed by atoms with Crippen LogP contribution in [0.1, 0.15) is 36.8 Å². The molecule has 3 rings (SSSR count). The van der Waals surface area contributed by atoms with Gasteiger partial charge in [-0.05, 0) is 48.3 Å². The zero-order chi connectivity index (χ0) is 20.3. The third kappa shape index (κ3) is 6.84. The van der Waals surface area contributed by atoms with E-state index in [1.807, 2.05) is 60.7 Å². The highest BCUT2D eigenvalue weighted by atomic mass is 16.5. The largest absolute Gasteiger partial charge is 0.449 e. The topological polar surface area (TPSA) is 87.1 Å². The molecule has 0 aliphatic heterocycles. The molecule has 1 saturated carbocycles. The zero-order valence-electron chi connectivity index (χ0n) is 16.6. The summed E-state index contributed by atoms with van der Waals surface area (Å²) in [5.41, 5.74) is 11.3. The predicted molar refractivity (Wildman–Crippen MR) is 113 cm³/mol. The molecule has 0 spiro atoms. The van der Waals surface area contributed by atoms with Crippen LogP contribution in [0.2, 0.25) is 0 Å². The molecule has 0 aromatic heterocycles. The van der Waals surface area contributed by atoms with E-state index < -0.39 is 12.1 Å². The SMILES string of the molecule is [N-]=[N+]=N[C@@H](Cc1ccccc1)[C@H](Cc1ccccc1)NC(=O)OCC1CCCC1. The molecule has 2 atom stereocenters. The van der Waals surface area contributed by atoms with Crippen molar-refractivity contribution in [2.75, 3.05) is 6.61 Å². The Balaban J connectivity index is 1.70. The third-order valence-corrected chi connectivity index (χ3v) is 5.48. The molecule has 0 radical (unpaired) electrons. The van der Waals surface area contributed by atoms with Crippen molar-refractivity contribution >= 4 is 6.09 Å². The van der Waals surface area contributed by atoms with Crippen molar-refractivity contribution in [2.24, 2.45) is 11.0 Å². The Morgan fingerprint density at radius 2 is 1.62 bits per heavy atom. The number of nitrogens with zero attached hydrogens (tertiary/aromatic N) is 3. The Kier molecular flexibility index (Phi) is 7.96. The van der Waals surface area contributed by atoms with E-state index in [4.69, 9.17) is 10.3 Å². The van der Waals surface area contributed by atoms with Gasteiger partial charge in [0.05, 0.1) is 12.6 Å². The van der Waals surface area contributed by atoms with E-state index in [9.17, 15) is 4.79 Å². The minimum absolute atomic E-state index is 0.357. The fourth-order valence-electron chi connectivity index (χ4n) is 3.90. The molecule has 0 heterocycles. The Bertz CT molecular complexity index is 800. The van der Waals surface area contributed by atoms with Gasteiger partial charge < -0.3 is 10.1 Å². The Morgan fingerprint density at radius 1 is 1.03 bits per heavy atom. The van der Waals surface area contributed by atoms with E-state index in [2.05, 4.69) is 15.3 Å². The maximum atomic E-state index is 12.5. The molecule has 1 aliphatic rings. The lowest BCUT2D eigenvalue weighted by Crippen LogP contribution is -2.45. The number of amides is 1. The standard InChI is InChI=1S/C23H28N4O2/c24-27-26-22(16-19-11-5-2-6-12-19)21(15-18-9-3-1-4-10-18)25-23(28)29-17-20-13-7-8-14-20/h1-6,9-12,20-22H,7-8,13-17H2,(H,25,28)/t21-,22-/m0/s1. The maximum absolute atomic E-state index is 12.5. The summed E-state index contributed by atoms with van der Waals surface area (Å²) in [7, 11) is 0. The van der Waals surface area contributed by atoms with Gasteiger partial charge in [0.1, 0.15) is 0 Å². The fraction of sp³-hybridized carbons (Fsp3) is 0.435. The quantitative estimate of drug-likeness (QED) is 0.350. The van der Waals surface area contributed by atoms with Gasteiger partial charge >= 0.3 is 6.09 Å². The fourth-order valence-corrected chi connectivity index (χ4v) is 3.90. The molecule has 152 valence electrons. The summed E-state index contributed by atoms with van der Waals surface area (Å²) < 4.78 is 5.49. The van der Waals surface area contributed by atoms with Gasteiger partial charge in [0.2, 0.25) is 0 Å². The average Bonchev–Trinajstić information content (AvgIpc) is 3.27.